The van der Waals surface area contributed by atoms with Crippen LogP contribution in [0.1, 0.15) is 23.0 Å². The lowest BCUT2D eigenvalue weighted by Crippen LogP contribution is -2.23. The van der Waals surface area contributed by atoms with Gasteiger partial charge in [0.15, 0.2) is 0 Å². The Balaban J connectivity index is 1.60. The van der Waals surface area contributed by atoms with Gasteiger partial charge in [-0.3, -0.25) is 9.89 Å². The van der Waals surface area contributed by atoms with E-state index < -0.39 is 0 Å². The number of amides is 1. The zero-order chi connectivity index (χ0) is 18.4. The molecular weight excluding hydrogens is 330 g/mol. The molecule has 1 aromatic heterocycles. The Hall–Kier alpha value is -3.28. The van der Waals surface area contributed by atoms with E-state index in [0.29, 0.717) is 24.5 Å². The van der Waals surface area contributed by atoms with Crippen molar-refractivity contribution >= 4 is 5.91 Å². The van der Waals surface area contributed by atoms with Crippen molar-refractivity contribution in [3.63, 3.8) is 0 Å². The topological polar surface area (TPSA) is 76.2 Å². The van der Waals surface area contributed by atoms with Crippen LogP contribution in [-0.2, 0) is 6.54 Å². The number of ether oxygens (including phenoxy) is 2. The standard InChI is InChI=1S/C20H21N3O3/c1-3-26-17-8-4-14(5-9-17)13-21-20(24)19-12-18(22-23-19)15-6-10-16(25-2)11-7-15/h4-12H,3,13H2,1-2H3,(H,21,24)(H,22,23). The molecule has 6 nitrogen and oxygen atoms in total. The van der Waals surface area contributed by atoms with Gasteiger partial charge in [0.2, 0.25) is 0 Å². The highest BCUT2D eigenvalue weighted by molar-refractivity contribution is 5.93. The summed E-state index contributed by atoms with van der Waals surface area (Å²) in [6.07, 6.45) is 0. The summed E-state index contributed by atoms with van der Waals surface area (Å²) in [5, 5.41) is 9.87. The molecule has 134 valence electrons. The molecule has 3 aromatic rings. The number of hydrogen-bond acceptors (Lipinski definition) is 4. The Morgan fingerprint density at radius 3 is 2.42 bits per heavy atom. The molecule has 0 aliphatic rings. The fourth-order valence-electron chi connectivity index (χ4n) is 2.50. The van der Waals surface area contributed by atoms with Crippen LogP contribution in [0, 0.1) is 0 Å². The number of nitrogens with one attached hydrogen (secondary N) is 2. The Labute approximate surface area is 152 Å². The van der Waals surface area contributed by atoms with Crippen LogP contribution in [0.25, 0.3) is 11.3 Å². The molecule has 2 aromatic carbocycles. The van der Waals surface area contributed by atoms with E-state index in [1.54, 1.807) is 13.2 Å². The zero-order valence-electron chi connectivity index (χ0n) is 14.8. The quantitative estimate of drug-likeness (QED) is 0.684. The van der Waals surface area contributed by atoms with Crippen LogP contribution in [0.15, 0.2) is 54.6 Å². The molecule has 6 heteroatoms. The number of hydrogen-bond donors (Lipinski definition) is 2. The summed E-state index contributed by atoms with van der Waals surface area (Å²) in [5.41, 5.74) is 3.03. The molecule has 0 bridgehead atoms. The van der Waals surface area contributed by atoms with Crippen LogP contribution < -0.4 is 14.8 Å². The minimum absolute atomic E-state index is 0.203. The molecule has 1 heterocycles. The van der Waals surface area contributed by atoms with Crippen molar-refractivity contribution in [3.05, 3.63) is 65.9 Å². The summed E-state index contributed by atoms with van der Waals surface area (Å²) in [4.78, 5) is 12.3. The summed E-state index contributed by atoms with van der Waals surface area (Å²) in [6, 6.07) is 16.9. The second-order valence-corrected chi connectivity index (χ2v) is 5.66. The van der Waals surface area contributed by atoms with Crippen molar-refractivity contribution in [2.75, 3.05) is 13.7 Å². The number of H-pyrrole nitrogens is 1. The number of aromatic nitrogens is 2. The van der Waals surface area contributed by atoms with Gasteiger partial charge >= 0.3 is 0 Å². The first-order valence-electron chi connectivity index (χ1n) is 8.39. The van der Waals surface area contributed by atoms with Crippen molar-refractivity contribution in [2.24, 2.45) is 0 Å². The van der Waals surface area contributed by atoms with E-state index in [9.17, 15) is 4.79 Å². The number of benzene rings is 2. The maximum absolute atomic E-state index is 12.3. The lowest BCUT2D eigenvalue weighted by Gasteiger charge is -2.06. The second kappa shape index (κ2) is 8.20. The van der Waals surface area contributed by atoms with Crippen LogP contribution in [-0.4, -0.2) is 29.8 Å². The molecule has 3 rings (SSSR count). The maximum atomic E-state index is 12.3. The number of carbonyl (C=O) groups excluding carboxylic acids is 1. The van der Waals surface area contributed by atoms with E-state index in [-0.39, 0.29) is 5.91 Å². The van der Waals surface area contributed by atoms with Crippen molar-refractivity contribution in [2.45, 2.75) is 13.5 Å². The molecule has 0 saturated heterocycles. The van der Waals surface area contributed by atoms with E-state index in [0.717, 1.165) is 22.6 Å². The number of methoxy groups -OCH3 is 1. The minimum atomic E-state index is -0.203. The summed E-state index contributed by atoms with van der Waals surface area (Å²) in [7, 11) is 1.62. The highest BCUT2D eigenvalue weighted by Crippen LogP contribution is 2.21. The van der Waals surface area contributed by atoms with Gasteiger partial charge in [0.05, 0.1) is 19.4 Å². The largest absolute Gasteiger partial charge is 0.497 e. The van der Waals surface area contributed by atoms with E-state index in [1.165, 1.54) is 0 Å². The van der Waals surface area contributed by atoms with Crippen LogP contribution in [0.4, 0.5) is 0 Å². The van der Waals surface area contributed by atoms with Gasteiger partial charge in [0, 0.05) is 12.1 Å². The first-order valence-corrected chi connectivity index (χ1v) is 8.39. The van der Waals surface area contributed by atoms with Crippen LogP contribution in [0.2, 0.25) is 0 Å². The first kappa shape index (κ1) is 17.5. The summed E-state index contributed by atoms with van der Waals surface area (Å²) >= 11 is 0. The van der Waals surface area contributed by atoms with Gasteiger partial charge in [-0.2, -0.15) is 5.10 Å². The number of rotatable bonds is 7. The van der Waals surface area contributed by atoms with Gasteiger partial charge < -0.3 is 14.8 Å². The lowest BCUT2D eigenvalue weighted by molar-refractivity contribution is 0.0946. The van der Waals surface area contributed by atoms with Crippen molar-refractivity contribution in [1.82, 2.24) is 15.5 Å². The zero-order valence-corrected chi connectivity index (χ0v) is 14.8. The fourth-order valence-corrected chi connectivity index (χ4v) is 2.50. The van der Waals surface area contributed by atoms with Crippen LogP contribution >= 0.6 is 0 Å². The van der Waals surface area contributed by atoms with Gasteiger partial charge in [0.25, 0.3) is 5.91 Å². The second-order valence-electron chi connectivity index (χ2n) is 5.66. The average Bonchev–Trinajstić information content (AvgIpc) is 3.18. The fraction of sp³-hybridized carbons (Fsp3) is 0.200. The Bertz CT molecular complexity index is 855. The molecule has 0 spiro atoms. The molecule has 1 amide bonds. The van der Waals surface area contributed by atoms with Crippen molar-refractivity contribution in [1.29, 1.82) is 0 Å². The summed E-state index contributed by atoms with van der Waals surface area (Å²) < 4.78 is 10.5. The predicted octanol–water partition coefficient (Wildman–Crippen LogP) is 3.41. The first-order chi connectivity index (χ1) is 12.7. The van der Waals surface area contributed by atoms with Gasteiger partial charge in [-0.05, 0) is 55.0 Å². The summed E-state index contributed by atoms with van der Waals surface area (Å²) in [6.45, 7) is 3.01. The maximum Gasteiger partial charge on any atom is 0.269 e. The molecule has 26 heavy (non-hydrogen) atoms. The molecule has 0 unspecified atom stereocenters. The van der Waals surface area contributed by atoms with Gasteiger partial charge in [-0.25, -0.2) is 0 Å². The number of carbonyl (C=O) groups is 1. The number of nitrogens with zero attached hydrogens (tertiary/aromatic N) is 1. The molecular formula is C20H21N3O3. The smallest absolute Gasteiger partial charge is 0.269 e. The van der Waals surface area contributed by atoms with E-state index in [4.69, 9.17) is 9.47 Å². The minimum Gasteiger partial charge on any atom is -0.497 e. The third kappa shape index (κ3) is 4.22. The molecule has 0 saturated carbocycles. The molecule has 0 atom stereocenters. The monoisotopic (exact) mass is 351 g/mol. The third-order valence-corrected chi connectivity index (χ3v) is 3.90. The van der Waals surface area contributed by atoms with Crippen molar-refractivity contribution < 1.29 is 14.3 Å². The van der Waals surface area contributed by atoms with E-state index >= 15 is 0 Å². The Kier molecular flexibility index (Phi) is 5.53. The average molecular weight is 351 g/mol. The molecule has 0 aliphatic carbocycles. The molecule has 0 fully saturated rings. The van der Waals surface area contributed by atoms with Crippen molar-refractivity contribution in [3.8, 4) is 22.8 Å². The van der Waals surface area contributed by atoms with Gasteiger partial charge in [-0.1, -0.05) is 12.1 Å². The van der Waals surface area contributed by atoms with Gasteiger partial charge in [-0.15, -0.1) is 0 Å². The highest BCUT2D eigenvalue weighted by atomic mass is 16.5. The normalized spacial score (nSPS) is 10.4. The number of aromatic amines is 1. The Morgan fingerprint density at radius 1 is 1.08 bits per heavy atom. The summed E-state index contributed by atoms with van der Waals surface area (Å²) in [5.74, 6) is 1.39. The van der Waals surface area contributed by atoms with E-state index in [2.05, 4.69) is 15.5 Å². The Morgan fingerprint density at radius 2 is 1.77 bits per heavy atom. The SMILES string of the molecule is CCOc1ccc(CNC(=O)c2cc(-c3ccc(OC)cc3)n[nH]2)cc1. The molecule has 0 radical (unpaired) electrons. The predicted molar refractivity (Wildman–Crippen MR) is 99.4 cm³/mol. The van der Waals surface area contributed by atoms with Crippen LogP contribution in [0.5, 0.6) is 11.5 Å². The van der Waals surface area contributed by atoms with E-state index in [1.807, 2.05) is 55.5 Å². The third-order valence-electron chi connectivity index (χ3n) is 3.90. The highest BCUT2D eigenvalue weighted by Gasteiger charge is 2.11. The molecule has 0 aliphatic heterocycles. The van der Waals surface area contributed by atoms with Gasteiger partial charge in [0.1, 0.15) is 17.2 Å². The lowest BCUT2D eigenvalue weighted by atomic mass is 10.1. The molecule has 2 N–H and O–H groups in total. The van der Waals surface area contributed by atoms with Crippen LogP contribution in [0.3, 0.4) is 0 Å².